The van der Waals surface area contributed by atoms with Gasteiger partial charge in [-0.15, -0.1) is 0 Å². The second-order valence-corrected chi connectivity index (χ2v) is 5.68. The van der Waals surface area contributed by atoms with Crippen molar-refractivity contribution in [1.29, 1.82) is 0 Å². The normalized spacial score (nSPS) is 12.2. The summed E-state index contributed by atoms with van der Waals surface area (Å²) in [5, 5.41) is 5.10. The number of fused-ring (bicyclic) bond motifs is 5. The molecule has 2 N–H and O–H groups in total. The van der Waals surface area contributed by atoms with Crippen LogP contribution in [0.25, 0.3) is 22.0 Å². The lowest BCUT2D eigenvalue weighted by molar-refractivity contribution is 0.167. The van der Waals surface area contributed by atoms with Crippen molar-refractivity contribution in [3.63, 3.8) is 0 Å². The summed E-state index contributed by atoms with van der Waals surface area (Å²) in [6, 6.07) is 14.0. The van der Waals surface area contributed by atoms with Crippen molar-refractivity contribution in [2.45, 2.75) is 13.3 Å². The molecule has 116 valence electrons. The molecule has 4 heteroatoms. The van der Waals surface area contributed by atoms with Crippen LogP contribution in [-0.2, 0) is 11.2 Å². The highest BCUT2D eigenvalue weighted by Gasteiger charge is 2.24. The number of hydrogen-bond donors (Lipinski definition) is 2. The average Bonchev–Trinajstić information content (AvgIpc) is 2.95. The third-order valence-electron chi connectivity index (χ3n) is 4.37. The predicted molar refractivity (Wildman–Crippen MR) is 92.9 cm³/mol. The number of rotatable bonds is 4. The third kappa shape index (κ3) is 2.23. The molecule has 0 unspecified atom stereocenters. The van der Waals surface area contributed by atoms with Crippen LogP contribution in [0, 0.1) is 0 Å². The Morgan fingerprint density at radius 3 is 2.78 bits per heavy atom. The third-order valence-corrected chi connectivity index (χ3v) is 4.37. The van der Waals surface area contributed by atoms with Gasteiger partial charge in [0.2, 0.25) is 0 Å². The van der Waals surface area contributed by atoms with E-state index in [4.69, 9.17) is 4.74 Å². The fourth-order valence-electron chi connectivity index (χ4n) is 3.34. The highest BCUT2D eigenvalue weighted by molar-refractivity contribution is 5.95. The van der Waals surface area contributed by atoms with E-state index < -0.39 is 0 Å². The zero-order chi connectivity index (χ0) is 15.8. The van der Waals surface area contributed by atoms with Crippen LogP contribution in [0.1, 0.15) is 18.1 Å². The molecule has 0 bridgehead atoms. The van der Waals surface area contributed by atoms with Gasteiger partial charge in [-0.25, -0.2) is 0 Å². The number of ether oxygens (including phenoxy) is 1. The summed E-state index contributed by atoms with van der Waals surface area (Å²) in [5.74, 6) is 0. The minimum Gasteiger partial charge on any atom is -0.362 e. The van der Waals surface area contributed by atoms with Crippen molar-refractivity contribution in [3.8, 4) is 11.3 Å². The van der Waals surface area contributed by atoms with Gasteiger partial charge < -0.3 is 15.0 Å². The Kier molecular flexibility index (Phi) is 3.39. The van der Waals surface area contributed by atoms with Crippen molar-refractivity contribution < 1.29 is 4.74 Å². The number of H-pyrrole nitrogens is 1. The Bertz CT molecular complexity index is 944. The summed E-state index contributed by atoms with van der Waals surface area (Å²) >= 11 is 0. The van der Waals surface area contributed by atoms with Gasteiger partial charge in [0.15, 0.2) is 0 Å². The SMILES string of the molecule is CCOCNc1cccc2c1-c1[nH]c(=O)c3ccccc3c1C2. The van der Waals surface area contributed by atoms with Crippen LogP contribution in [0.3, 0.4) is 0 Å². The Hall–Kier alpha value is -2.59. The fraction of sp³-hybridized carbons (Fsp3) is 0.211. The monoisotopic (exact) mass is 306 g/mol. The topological polar surface area (TPSA) is 54.1 Å². The molecule has 0 radical (unpaired) electrons. The van der Waals surface area contributed by atoms with Crippen molar-refractivity contribution >= 4 is 16.5 Å². The first-order valence-corrected chi connectivity index (χ1v) is 7.87. The lowest BCUT2D eigenvalue weighted by Crippen LogP contribution is -2.10. The molecular formula is C19H18N2O2. The van der Waals surface area contributed by atoms with Gasteiger partial charge in [-0.1, -0.05) is 30.3 Å². The first-order valence-electron chi connectivity index (χ1n) is 7.87. The lowest BCUT2D eigenvalue weighted by atomic mass is 10.0. The van der Waals surface area contributed by atoms with Crippen LogP contribution in [0.5, 0.6) is 0 Å². The molecule has 1 aliphatic rings. The second-order valence-electron chi connectivity index (χ2n) is 5.68. The first-order chi connectivity index (χ1) is 11.3. The molecule has 2 aromatic carbocycles. The molecule has 4 rings (SSSR count). The summed E-state index contributed by atoms with van der Waals surface area (Å²) in [4.78, 5) is 15.5. The Balaban J connectivity index is 1.90. The average molecular weight is 306 g/mol. The molecule has 0 saturated carbocycles. The summed E-state index contributed by atoms with van der Waals surface area (Å²) in [6.45, 7) is 3.09. The zero-order valence-corrected chi connectivity index (χ0v) is 13.0. The number of benzene rings is 2. The van der Waals surface area contributed by atoms with Crippen LogP contribution < -0.4 is 10.9 Å². The van der Waals surface area contributed by atoms with Gasteiger partial charge in [0.1, 0.15) is 6.73 Å². The van der Waals surface area contributed by atoms with Crippen molar-refractivity contribution in [1.82, 2.24) is 4.98 Å². The van der Waals surface area contributed by atoms with Gasteiger partial charge in [0.05, 0.1) is 5.69 Å². The van der Waals surface area contributed by atoms with E-state index in [2.05, 4.69) is 16.4 Å². The molecular weight excluding hydrogens is 288 g/mol. The van der Waals surface area contributed by atoms with Gasteiger partial charge in [0.25, 0.3) is 5.56 Å². The summed E-state index contributed by atoms with van der Waals surface area (Å²) < 4.78 is 5.40. The quantitative estimate of drug-likeness (QED) is 0.448. The van der Waals surface area contributed by atoms with E-state index in [1.54, 1.807) is 0 Å². The van der Waals surface area contributed by atoms with E-state index in [1.165, 1.54) is 11.1 Å². The number of nitrogens with one attached hydrogen (secondary N) is 2. The minimum atomic E-state index is -0.0354. The number of hydrogen-bond acceptors (Lipinski definition) is 3. The maximum Gasteiger partial charge on any atom is 0.256 e. The highest BCUT2D eigenvalue weighted by Crippen LogP contribution is 2.41. The molecule has 1 aromatic heterocycles. The van der Waals surface area contributed by atoms with E-state index in [1.807, 2.05) is 43.3 Å². The van der Waals surface area contributed by atoms with Crippen LogP contribution in [0.2, 0.25) is 0 Å². The Morgan fingerprint density at radius 2 is 1.96 bits per heavy atom. The largest absolute Gasteiger partial charge is 0.362 e. The molecule has 1 aliphatic carbocycles. The first kappa shape index (κ1) is 14.0. The van der Waals surface area contributed by atoms with Crippen LogP contribution >= 0.6 is 0 Å². The predicted octanol–water partition coefficient (Wildman–Crippen LogP) is 3.51. The molecule has 0 atom stereocenters. The zero-order valence-electron chi connectivity index (χ0n) is 13.0. The molecule has 0 amide bonds. The molecule has 0 fully saturated rings. The van der Waals surface area contributed by atoms with Crippen LogP contribution in [0.15, 0.2) is 47.3 Å². The van der Waals surface area contributed by atoms with E-state index in [-0.39, 0.29) is 5.56 Å². The van der Waals surface area contributed by atoms with Crippen molar-refractivity contribution in [3.05, 3.63) is 63.9 Å². The van der Waals surface area contributed by atoms with E-state index >= 15 is 0 Å². The van der Waals surface area contributed by atoms with Gasteiger partial charge in [-0.05, 0) is 35.6 Å². The molecule has 0 spiro atoms. The number of aromatic nitrogens is 1. The molecule has 3 aromatic rings. The molecule has 4 nitrogen and oxygen atoms in total. The fourth-order valence-corrected chi connectivity index (χ4v) is 3.34. The van der Waals surface area contributed by atoms with Crippen molar-refractivity contribution in [2.75, 3.05) is 18.7 Å². The summed E-state index contributed by atoms with van der Waals surface area (Å²) in [6.07, 6.45) is 0.839. The summed E-state index contributed by atoms with van der Waals surface area (Å²) in [7, 11) is 0. The number of aromatic amines is 1. The summed E-state index contributed by atoms with van der Waals surface area (Å²) in [5.41, 5.74) is 5.41. The standard InChI is InChI=1S/C19H18N2O2/c1-2-23-11-20-16-9-5-6-12-10-15-13-7-3-4-8-14(13)19(22)21-18(15)17(12)16/h3-9,20H,2,10-11H2,1H3,(H,21,22). The van der Waals surface area contributed by atoms with E-state index in [0.29, 0.717) is 13.3 Å². The Morgan fingerprint density at radius 1 is 1.13 bits per heavy atom. The Labute approximate surface area is 134 Å². The maximum atomic E-state index is 12.4. The second kappa shape index (κ2) is 5.56. The lowest BCUT2D eigenvalue weighted by Gasteiger charge is -2.12. The maximum absolute atomic E-state index is 12.4. The van der Waals surface area contributed by atoms with Gasteiger partial charge in [0, 0.05) is 29.7 Å². The minimum absolute atomic E-state index is 0.0354. The van der Waals surface area contributed by atoms with E-state index in [9.17, 15) is 4.79 Å². The smallest absolute Gasteiger partial charge is 0.256 e. The molecule has 0 saturated heterocycles. The van der Waals surface area contributed by atoms with Crippen LogP contribution in [0.4, 0.5) is 5.69 Å². The number of pyridine rings is 1. The van der Waals surface area contributed by atoms with E-state index in [0.717, 1.165) is 34.1 Å². The molecule has 23 heavy (non-hydrogen) atoms. The van der Waals surface area contributed by atoms with Crippen LogP contribution in [-0.4, -0.2) is 18.3 Å². The van der Waals surface area contributed by atoms with Gasteiger partial charge >= 0.3 is 0 Å². The molecule has 0 aliphatic heterocycles. The van der Waals surface area contributed by atoms with Crippen molar-refractivity contribution in [2.24, 2.45) is 0 Å². The molecule has 1 heterocycles. The van der Waals surface area contributed by atoms with Gasteiger partial charge in [-0.3, -0.25) is 4.79 Å². The number of anilines is 1. The van der Waals surface area contributed by atoms with Gasteiger partial charge in [-0.2, -0.15) is 0 Å². The highest BCUT2D eigenvalue weighted by atomic mass is 16.5.